The van der Waals surface area contributed by atoms with Gasteiger partial charge in [-0.15, -0.1) is 0 Å². The van der Waals surface area contributed by atoms with Gasteiger partial charge in [0, 0.05) is 66.6 Å². The highest BCUT2D eigenvalue weighted by atomic mass is 33.1. The van der Waals surface area contributed by atoms with Gasteiger partial charge in [0.15, 0.2) is 11.5 Å². The van der Waals surface area contributed by atoms with Crippen LogP contribution < -0.4 is 25.4 Å². The highest BCUT2D eigenvalue weighted by Gasteiger charge is 2.51. The number of aliphatic hydroxyl groups excluding tert-OH is 3. The third-order valence-electron chi connectivity index (χ3n) is 13.3. The predicted octanol–water partition coefficient (Wildman–Crippen LogP) is 4.38. The number of allylic oxidation sites excluding steroid dienone is 1. The van der Waals surface area contributed by atoms with Gasteiger partial charge in [-0.05, 0) is 59.9 Å². The van der Waals surface area contributed by atoms with E-state index >= 15 is 0 Å². The lowest BCUT2D eigenvalue weighted by Gasteiger charge is -2.37. The number of phenolic OH excluding ortho intramolecular Hbond substituents is 1. The monoisotopic (exact) mass is 837 g/mol. The number of aliphatic imine (C=N–C) groups is 1. The van der Waals surface area contributed by atoms with Gasteiger partial charge in [0.05, 0.1) is 29.4 Å². The van der Waals surface area contributed by atoms with Crippen LogP contribution in [0, 0.1) is 35.2 Å². The van der Waals surface area contributed by atoms with Gasteiger partial charge in [-0.3, -0.25) is 20.0 Å². The number of phenols is 1. The fourth-order valence-corrected chi connectivity index (χ4v) is 12.7. The van der Waals surface area contributed by atoms with E-state index in [1.807, 2.05) is 19.2 Å². The van der Waals surface area contributed by atoms with Crippen LogP contribution in [0.15, 0.2) is 46.7 Å². The third-order valence-corrected chi connectivity index (χ3v) is 15.6. The first kappa shape index (κ1) is 40.6. The number of fused-ring (bicyclic) bond motifs is 4. The predicted molar refractivity (Wildman–Crippen MR) is 229 cm³/mol. The molecule has 8 N–H and O–H groups in total. The summed E-state index contributed by atoms with van der Waals surface area (Å²) in [5.41, 5.74) is 14.7. The minimum atomic E-state index is -1.07. The van der Waals surface area contributed by atoms with Gasteiger partial charge < -0.3 is 35.6 Å². The molecule has 1 saturated carbocycles. The van der Waals surface area contributed by atoms with E-state index in [9.17, 15) is 25.2 Å². The number of Topliss-reactive ketones (excluding diaryl/α,β-unsaturated/α-hetero) is 1. The molecule has 7 heterocycles. The fourth-order valence-electron chi connectivity index (χ4n) is 10.3. The second-order valence-electron chi connectivity index (χ2n) is 17.1. The van der Waals surface area contributed by atoms with Crippen molar-refractivity contribution in [3.05, 3.63) is 75.1 Å². The van der Waals surface area contributed by atoms with Crippen molar-refractivity contribution >= 4 is 33.1 Å². The minimum Gasteiger partial charge on any atom is -0.508 e. The number of hydrogen-bond acceptors (Lipinski definition) is 12. The molecule has 10 rings (SSSR count). The van der Waals surface area contributed by atoms with Crippen LogP contribution in [0.25, 0.3) is 0 Å². The summed E-state index contributed by atoms with van der Waals surface area (Å²) in [6, 6.07) is 5.60. The Hall–Kier alpha value is -3.76. The summed E-state index contributed by atoms with van der Waals surface area (Å²) in [6.07, 6.45) is 9.51. The molecule has 0 aromatic heterocycles. The van der Waals surface area contributed by atoms with Gasteiger partial charge in [-0.1, -0.05) is 77.7 Å². The zero-order chi connectivity index (χ0) is 40.8. The number of ketones is 1. The summed E-state index contributed by atoms with van der Waals surface area (Å²) < 4.78 is 13.7. The van der Waals surface area contributed by atoms with Gasteiger partial charge in [-0.2, -0.15) is 0 Å². The van der Waals surface area contributed by atoms with Gasteiger partial charge in [0.25, 0.3) is 6.23 Å². The van der Waals surface area contributed by atoms with Gasteiger partial charge in [-0.25, -0.2) is 0 Å². The Bertz CT molecular complexity index is 2250. The fraction of sp³-hybridized carbons (Fsp3) is 0.522. The molecule has 7 aliphatic heterocycles. The van der Waals surface area contributed by atoms with Crippen LogP contribution in [-0.2, 0) is 23.4 Å². The van der Waals surface area contributed by atoms with Gasteiger partial charge >= 0.3 is 0 Å². The second-order valence-corrected chi connectivity index (χ2v) is 19.6. The van der Waals surface area contributed by atoms with Crippen LogP contribution in [-0.4, -0.2) is 69.2 Å². The number of rotatable bonds is 9. The Morgan fingerprint density at radius 3 is 2.81 bits per heavy atom. The van der Waals surface area contributed by atoms with E-state index in [1.54, 1.807) is 27.7 Å². The molecular weight excluding hydrogens is 785 g/mol. The smallest absolute Gasteiger partial charge is 0.252 e. The molecule has 0 amide bonds. The number of nitrogens with zero attached hydrogens (tertiary/aromatic N) is 1. The van der Waals surface area contributed by atoms with E-state index in [4.69, 9.17) is 20.2 Å². The number of carbonyl (C=O) groups excluding carboxylic acids is 1. The summed E-state index contributed by atoms with van der Waals surface area (Å²) in [6.45, 7) is 3.21. The number of nitrogens with one attached hydrogen (secondary N) is 2. The molecule has 0 saturated heterocycles. The Kier molecular flexibility index (Phi) is 11.7. The number of benzene rings is 2. The zero-order valence-electron chi connectivity index (χ0n) is 33.4. The number of carbonyl (C=O) groups is 1. The SMILES string of the molecule is CCC[C@H](O)C[C@@H](O)CC(=O)CCc1c(O)cc2c3c1CSSC[C@@H]1CN[C@H](N)c4ccc5c(c41)CC1=CN=C4C[NH+](C=C14)[C@@H](O3)[C@H](C#C[C@H]5O)C1(C#CO2)CCCC1. The number of aliphatic hydroxyl groups is 3. The van der Waals surface area contributed by atoms with Crippen molar-refractivity contribution in [3.8, 4) is 41.1 Å². The molecule has 8 bridgehead atoms. The average molecular weight is 838 g/mol. The Morgan fingerprint density at radius 1 is 1.15 bits per heavy atom. The molecule has 2 aromatic carbocycles. The van der Waals surface area contributed by atoms with E-state index in [2.05, 4.69) is 41.5 Å². The van der Waals surface area contributed by atoms with Crippen molar-refractivity contribution in [2.75, 3.05) is 18.8 Å². The first-order chi connectivity index (χ1) is 28.6. The molecule has 2 aromatic rings. The van der Waals surface area contributed by atoms with Crippen LogP contribution in [0.5, 0.6) is 17.2 Å². The molecule has 1 unspecified atom stereocenters. The molecule has 8 atom stereocenters. The molecule has 0 radical (unpaired) electrons. The van der Waals surface area contributed by atoms with Crippen molar-refractivity contribution in [1.82, 2.24) is 5.32 Å². The summed E-state index contributed by atoms with van der Waals surface area (Å²) >= 11 is 0. The molecule has 8 aliphatic rings. The Morgan fingerprint density at radius 2 is 1.98 bits per heavy atom. The summed E-state index contributed by atoms with van der Waals surface area (Å²) in [5, 5.41) is 48.3. The van der Waals surface area contributed by atoms with Crippen LogP contribution in [0.4, 0.5) is 0 Å². The van der Waals surface area contributed by atoms with Crippen molar-refractivity contribution in [1.29, 1.82) is 0 Å². The Balaban J connectivity index is 1.19. The van der Waals surface area contributed by atoms with Crippen molar-refractivity contribution in [2.24, 2.45) is 22.1 Å². The summed E-state index contributed by atoms with van der Waals surface area (Å²) in [4.78, 5) is 19.3. The summed E-state index contributed by atoms with van der Waals surface area (Å²) in [5.74, 6) is 11.9. The molecule has 1 fully saturated rings. The summed E-state index contributed by atoms with van der Waals surface area (Å²) in [7, 11) is 3.38. The maximum atomic E-state index is 13.3. The quantitative estimate of drug-likeness (QED) is 0.141. The van der Waals surface area contributed by atoms with Crippen LogP contribution in [0.2, 0.25) is 0 Å². The zero-order valence-corrected chi connectivity index (χ0v) is 35.0. The number of quaternary nitrogens is 1. The largest absolute Gasteiger partial charge is 0.508 e. The standard InChI is InChI=1S/C46H52N4O7S2/c1-2-5-28(51)17-30(53)18-29(52)6-7-32-36-25-59-58-24-27-21-49-44(47)33-9-8-31-34(42(27)33)16-26-20-48-38-23-50(22-35(26)38)45-37(10-11-39(31)54)46(12-3-4-13-46)14-15-56-41(19-40(32)55)43(36)57-45/h8-9,19-20,22,27-28,30,37,39,44-45,49,51,53-55H,2-7,12-13,16-18,21,23-25,47H2,1H3/p+1/t27-,28-,30+,37-,39+,44-,45-/m0/s1. The molecular formula is C46H53N4O7S2+. The molecule has 59 heavy (non-hydrogen) atoms. The average Bonchev–Trinajstić information content (AvgIpc) is 3.95. The first-order valence-electron chi connectivity index (χ1n) is 21.2. The van der Waals surface area contributed by atoms with Crippen LogP contribution in [0.1, 0.15) is 116 Å². The molecule has 1 aliphatic carbocycles. The highest BCUT2D eigenvalue weighted by Crippen LogP contribution is 2.50. The third kappa shape index (κ3) is 7.86. The van der Waals surface area contributed by atoms with Gasteiger partial charge in [0.2, 0.25) is 0 Å². The molecule has 1 spiro atoms. The second kappa shape index (κ2) is 16.9. The Labute approximate surface area is 353 Å². The normalized spacial score (nSPS) is 28.1. The minimum absolute atomic E-state index is 0.0121. The maximum absolute atomic E-state index is 13.3. The number of ether oxygens (including phenoxy) is 2. The lowest BCUT2D eigenvalue weighted by atomic mass is 9.73. The lowest BCUT2D eigenvalue weighted by Crippen LogP contribution is -3.13. The first-order valence-corrected chi connectivity index (χ1v) is 23.6. The van der Waals surface area contributed by atoms with Crippen LogP contribution >= 0.6 is 21.6 Å². The van der Waals surface area contributed by atoms with E-state index in [0.29, 0.717) is 48.7 Å². The molecule has 11 nitrogen and oxygen atoms in total. The van der Waals surface area contributed by atoms with Crippen molar-refractivity contribution in [2.45, 2.75) is 120 Å². The molecule has 13 heteroatoms. The van der Waals surface area contributed by atoms with E-state index in [1.165, 1.54) is 0 Å². The number of aromatic hydroxyl groups is 1. The molecule has 310 valence electrons. The van der Waals surface area contributed by atoms with E-state index < -0.39 is 35.9 Å². The van der Waals surface area contributed by atoms with Crippen LogP contribution in [0.3, 0.4) is 0 Å². The highest BCUT2D eigenvalue weighted by molar-refractivity contribution is 8.76. The van der Waals surface area contributed by atoms with E-state index in [-0.39, 0.29) is 49.3 Å². The van der Waals surface area contributed by atoms with Crippen molar-refractivity contribution in [3.63, 3.8) is 0 Å². The number of nitrogens with two attached hydrogens (primary N) is 1. The van der Waals surface area contributed by atoms with Gasteiger partial charge in [0.1, 0.15) is 48.1 Å². The lowest BCUT2D eigenvalue weighted by molar-refractivity contribution is -0.888. The topological polar surface area (TPSA) is 171 Å². The van der Waals surface area contributed by atoms with E-state index in [0.717, 1.165) is 87.4 Å². The number of hydrogen-bond donors (Lipinski definition) is 7. The maximum Gasteiger partial charge on any atom is 0.252 e. The van der Waals surface area contributed by atoms with Crippen molar-refractivity contribution < 1.29 is 39.6 Å².